The number of rotatable bonds is 3. The lowest BCUT2D eigenvalue weighted by Gasteiger charge is -2.39. The number of aliphatic hydroxyl groups excluding tert-OH is 4. The Balaban J connectivity index is 2.15. The quantitative estimate of drug-likeness (QED) is 0.632. The first kappa shape index (κ1) is 15.8. The molecule has 0 aromatic heterocycles. The minimum absolute atomic E-state index is 0.195. The van der Waals surface area contributed by atoms with Gasteiger partial charge in [0.1, 0.15) is 30.2 Å². The molecule has 8 heteroatoms. The van der Waals surface area contributed by atoms with E-state index in [0.29, 0.717) is 5.02 Å². The third-order valence-electron chi connectivity index (χ3n) is 2.99. The maximum absolute atomic E-state index is 9.82. The Kier molecular flexibility index (Phi) is 5.09. The van der Waals surface area contributed by atoms with Gasteiger partial charge in [0.25, 0.3) is 0 Å². The van der Waals surface area contributed by atoms with E-state index in [1.54, 1.807) is 0 Å². The highest BCUT2D eigenvalue weighted by atomic mass is 35.5. The molecular weight excluding hydrogens is 311 g/mol. The van der Waals surface area contributed by atoms with Gasteiger partial charge in [-0.15, -0.1) is 0 Å². The molecule has 0 radical (unpaired) electrons. The Labute approximate surface area is 125 Å². The summed E-state index contributed by atoms with van der Waals surface area (Å²) < 4.78 is 10.6. The minimum Gasteiger partial charge on any atom is -0.460 e. The van der Waals surface area contributed by atoms with E-state index in [0.717, 1.165) is 0 Å². The zero-order chi connectivity index (χ0) is 14.9. The van der Waals surface area contributed by atoms with E-state index in [1.807, 2.05) is 0 Å². The van der Waals surface area contributed by atoms with Crippen molar-refractivity contribution in [1.82, 2.24) is 0 Å². The van der Waals surface area contributed by atoms with Crippen molar-refractivity contribution in [3.8, 4) is 5.75 Å². The van der Waals surface area contributed by atoms with E-state index < -0.39 is 37.3 Å². The molecule has 1 aromatic carbocycles. The summed E-state index contributed by atoms with van der Waals surface area (Å²) in [5.74, 6) is 0.195. The van der Waals surface area contributed by atoms with Crippen LogP contribution in [0.3, 0.4) is 0 Å². The second-order valence-electron chi connectivity index (χ2n) is 4.39. The largest absolute Gasteiger partial charge is 0.460 e. The Bertz CT molecular complexity index is 469. The second-order valence-corrected chi connectivity index (χ2v) is 5.23. The maximum atomic E-state index is 9.82. The number of aliphatic hydroxyl groups is 4. The summed E-state index contributed by atoms with van der Waals surface area (Å²) in [5.41, 5.74) is 0. The van der Waals surface area contributed by atoms with E-state index in [2.05, 4.69) is 0 Å². The molecule has 1 fully saturated rings. The van der Waals surface area contributed by atoms with Crippen molar-refractivity contribution in [2.75, 3.05) is 6.61 Å². The van der Waals surface area contributed by atoms with Gasteiger partial charge in [-0.25, -0.2) is 0 Å². The molecule has 1 aromatic rings. The minimum atomic E-state index is -1.50. The smallest absolute Gasteiger partial charge is 0.229 e. The Hall–Kier alpha value is -0.600. The lowest BCUT2D eigenvalue weighted by atomic mass is 9.99. The van der Waals surface area contributed by atoms with E-state index in [9.17, 15) is 15.3 Å². The van der Waals surface area contributed by atoms with Gasteiger partial charge in [0.2, 0.25) is 6.29 Å². The summed E-state index contributed by atoms with van der Waals surface area (Å²) in [4.78, 5) is 0. The van der Waals surface area contributed by atoms with E-state index >= 15 is 0 Å². The fourth-order valence-corrected chi connectivity index (χ4v) is 2.31. The van der Waals surface area contributed by atoms with Crippen LogP contribution in [0.15, 0.2) is 18.2 Å². The van der Waals surface area contributed by atoms with Gasteiger partial charge in [-0.1, -0.05) is 23.2 Å². The molecule has 6 nitrogen and oxygen atoms in total. The first-order chi connectivity index (χ1) is 9.43. The normalized spacial score (nSPS) is 34.0. The highest BCUT2D eigenvalue weighted by molar-refractivity contribution is 6.35. The van der Waals surface area contributed by atoms with Gasteiger partial charge >= 0.3 is 0 Å². The Morgan fingerprint density at radius 2 is 1.80 bits per heavy atom. The van der Waals surface area contributed by atoms with Crippen molar-refractivity contribution in [1.29, 1.82) is 0 Å². The van der Waals surface area contributed by atoms with Crippen molar-refractivity contribution < 1.29 is 29.9 Å². The predicted octanol–water partition coefficient (Wildman–Crippen LogP) is 0.172. The molecule has 1 saturated heterocycles. The molecule has 0 unspecified atom stereocenters. The van der Waals surface area contributed by atoms with Crippen LogP contribution in [0.2, 0.25) is 10.0 Å². The van der Waals surface area contributed by atoms with Crippen LogP contribution in [0.5, 0.6) is 5.75 Å². The molecule has 0 spiro atoms. The van der Waals surface area contributed by atoms with E-state index in [-0.39, 0.29) is 10.8 Å². The van der Waals surface area contributed by atoms with Gasteiger partial charge in [0.15, 0.2) is 0 Å². The summed E-state index contributed by atoms with van der Waals surface area (Å²) >= 11 is 11.7. The molecule has 0 amide bonds. The number of halogens is 2. The molecule has 0 saturated carbocycles. The summed E-state index contributed by atoms with van der Waals surface area (Å²) in [6.07, 6.45) is -6.74. The summed E-state index contributed by atoms with van der Waals surface area (Å²) in [6.45, 7) is -0.529. The molecule has 5 atom stereocenters. The summed E-state index contributed by atoms with van der Waals surface area (Å²) in [7, 11) is 0. The number of ether oxygens (including phenoxy) is 2. The summed E-state index contributed by atoms with van der Waals surface area (Å²) in [6, 6.07) is 4.46. The van der Waals surface area contributed by atoms with Gasteiger partial charge in [0.05, 0.1) is 11.6 Å². The molecule has 0 aliphatic carbocycles. The standard InChI is InChI=1S/C12H14Cl2O6/c13-5-1-2-7(6(14)3-5)19-12-11(18)10(17)9(16)8(4-15)20-12/h1-3,8-12,15-18H,4H2/t8-,9+,10+,11+,12+/m0/s1. The molecule has 1 aliphatic heterocycles. The number of benzene rings is 1. The van der Waals surface area contributed by atoms with Crippen LogP contribution >= 0.6 is 23.2 Å². The third kappa shape index (κ3) is 3.17. The fourth-order valence-electron chi connectivity index (χ4n) is 1.86. The predicted molar refractivity (Wildman–Crippen MR) is 70.9 cm³/mol. The Morgan fingerprint density at radius 1 is 1.10 bits per heavy atom. The van der Waals surface area contributed by atoms with Crippen LogP contribution in [0.1, 0.15) is 0 Å². The molecule has 4 N–H and O–H groups in total. The average molecular weight is 325 g/mol. The number of hydrogen-bond acceptors (Lipinski definition) is 6. The van der Waals surface area contributed by atoms with E-state index in [4.69, 9.17) is 37.8 Å². The van der Waals surface area contributed by atoms with Crippen molar-refractivity contribution >= 4 is 23.2 Å². The molecule has 1 aliphatic rings. The van der Waals surface area contributed by atoms with Crippen LogP contribution in [0.4, 0.5) is 0 Å². The van der Waals surface area contributed by atoms with Gasteiger partial charge in [0, 0.05) is 5.02 Å². The van der Waals surface area contributed by atoms with Crippen molar-refractivity contribution in [2.24, 2.45) is 0 Å². The maximum Gasteiger partial charge on any atom is 0.229 e. The monoisotopic (exact) mass is 324 g/mol. The lowest BCUT2D eigenvalue weighted by molar-refractivity contribution is -0.277. The van der Waals surface area contributed by atoms with Crippen LogP contribution in [-0.2, 0) is 4.74 Å². The van der Waals surface area contributed by atoms with Crippen LogP contribution in [0.25, 0.3) is 0 Å². The molecule has 112 valence electrons. The zero-order valence-corrected chi connectivity index (χ0v) is 11.7. The van der Waals surface area contributed by atoms with Crippen molar-refractivity contribution in [3.05, 3.63) is 28.2 Å². The van der Waals surface area contributed by atoms with Gasteiger partial charge in [-0.2, -0.15) is 0 Å². The molecule has 2 rings (SSSR count). The van der Waals surface area contributed by atoms with Crippen molar-refractivity contribution in [2.45, 2.75) is 30.7 Å². The Morgan fingerprint density at radius 3 is 2.40 bits per heavy atom. The second kappa shape index (κ2) is 6.44. The third-order valence-corrected chi connectivity index (χ3v) is 3.52. The highest BCUT2D eigenvalue weighted by Crippen LogP contribution is 2.31. The first-order valence-corrected chi connectivity index (χ1v) is 6.62. The van der Waals surface area contributed by atoms with Crippen LogP contribution in [0, 0.1) is 0 Å². The van der Waals surface area contributed by atoms with Gasteiger partial charge in [-0.05, 0) is 18.2 Å². The molecule has 1 heterocycles. The molecule has 0 bridgehead atoms. The zero-order valence-electron chi connectivity index (χ0n) is 10.2. The SMILES string of the molecule is OC[C@@H]1O[C@@H](Oc2ccc(Cl)cc2Cl)[C@H](O)[C@H](O)[C@@H]1O. The molecular formula is C12H14Cl2O6. The van der Waals surface area contributed by atoms with Crippen LogP contribution < -0.4 is 4.74 Å². The number of hydrogen-bond donors (Lipinski definition) is 4. The summed E-state index contributed by atoms with van der Waals surface area (Å²) in [5, 5.41) is 38.8. The molecule has 20 heavy (non-hydrogen) atoms. The topological polar surface area (TPSA) is 99.4 Å². The van der Waals surface area contributed by atoms with Crippen molar-refractivity contribution in [3.63, 3.8) is 0 Å². The van der Waals surface area contributed by atoms with Crippen LogP contribution in [-0.4, -0.2) is 57.7 Å². The van der Waals surface area contributed by atoms with E-state index in [1.165, 1.54) is 18.2 Å². The fraction of sp³-hybridized carbons (Fsp3) is 0.500. The highest BCUT2D eigenvalue weighted by Gasteiger charge is 2.44. The van der Waals surface area contributed by atoms with Gasteiger partial charge in [-0.3, -0.25) is 0 Å². The first-order valence-electron chi connectivity index (χ1n) is 5.86. The van der Waals surface area contributed by atoms with Gasteiger partial charge < -0.3 is 29.9 Å². The average Bonchev–Trinajstić information content (AvgIpc) is 2.42. The lowest BCUT2D eigenvalue weighted by Crippen LogP contribution is -2.60.